The summed E-state index contributed by atoms with van der Waals surface area (Å²) in [6, 6.07) is 4.21. The van der Waals surface area contributed by atoms with Gasteiger partial charge in [0.25, 0.3) is 0 Å². The van der Waals surface area contributed by atoms with Crippen LogP contribution >= 0.6 is 0 Å². The number of aryl methyl sites for hydroxylation is 1. The molecule has 90 valence electrons. The molecule has 4 nitrogen and oxygen atoms in total. The van der Waals surface area contributed by atoms with E-state index in [1.807, 2.05) is 32.2 Å². The maximum absolute atomic E-state index is 8.81. The van der Waals surface area contributed by atoms with E-state index in [1.165, 1.54) is 5.56 Å². The Hall–Kier alpha value is -1.13. The van der Waals surface area contributed by atoms with Crippen LogP contribution < -0.4 is 10.6 Å². The molecule has 1 aromatic heterocycles. The molecular formula is C12H21N3O. The number of hydrogen-bond acceptors (Lipinski definition) is 4. The van der Waals surface area contributed by atoms with Crippen molar-refractivity contribution >= 4 is 5.82 Å². The lowest BCUT2D eigenvalue weighted by atomic mass is 10.3. The standard InChI is InChI=1S/C12H21N3O/c1-10-4-5-12(15-8-10)14-7-3-6-13-11(2)9-16/h4-5,8,11,13,16H,3,6-7,9H2,1-2H3,(H,14,15)/t11-/m1/s1. The minimum absolute atomic E-state index is 0.178. The van der Waals surface area contributed by atoms with E-state index in [2.05, 4.69) is 15.6 Å². The van der Waals surface area contributed by atoms with Crippen LogP contribution in [0.15, 0.2) is 18.3 Å². The molecule has 0 fully saturated rings. The second kappa shape index (κ2) is 7.19. The smallest absolute Gasteiger partial charge is 0.125 e. The first-order chi connectivity index (χ1) is 7.72. The average molecular weight is 223 g/mol. The highest BCUT2D eigenvalue weighted by Crippen LogP contribution is 2.03. The molecule has 0 saturated carbocycles. The zero-order valence-corrected chi connectivity index (χ0v) is 10.0. The summed E-state index contributed by atoms with van der Waals surface area (Å²) in [6.07, 6.45) is 2.87. The summed E-state index contributed by atoms with van der Waals surface area (Å²) < 4.78 is 0. The number of hydrogen-bond donors (Lipinski definition) is 3. The zero-order chi connectivity index (χ0) is 11.8. The normalized spacial score (nSPS) is 12.4. The summed E-state index contributed by atoms with van der Waals surface area (Å²) in [6.45, 7) is 5.97. The number of pyridine rings is 1. The number of nitrogens with one attached hydrogen (secondary N) is 2. The Balaban J connectivity index is 2.09. The van der Waals surface area contributed by atoms with Gasteiger partial charge >= 0.3 is 0 Å². The number of nitrogens with zero attached hydrogens (tertiary/aromatic N) is 1. The maximum Gasteiger partial charge on any atom is 0.125 e. The molecule has 1 aromatic rings. The number of aromatic nitrogens is 1. The third-order valence-electron chi connectivity index (χ3n) is 2.34. The fourth-order valence-corrected chi connectivity index (χ4v) is 1.29. The second-order valence-corrected chi connectivity index (χ2v) is 4.04. The Morgan fingerprint density at radius 3 is 2.81 bits per heavy atom. The molecular weight excluding hydrogens is 202 g/mol. The average Bonchev–Trinajstić information content (AvgIpc) is 2.31. The highest BCUT2D eigenvalue weighted by molar-refractivity contribution is 5.34. The first-order valence-electron chi connectivity index (χ1n) is 5.73. The molecule has 16 heavy (non-hydrogen) atoms. The molecule has 1 atom stereocenters. The van der Waals surface area contributed by atoms with Crippen LogP contribution in [0.1, 0.15) is 18.9 Å². The van der Waals surface area contributed by atoms with Gasteiger partial charge in [-0.2, -0.15) is 0 Å². The lowest BCUT2D eigenvalue weighted by molar-refractivity contribution is 0.252. The van der Waals surface area contributed by atoms with Crippen LogP contribution in [0.4, 0.5) is 5.82 Å². The zero-order valence-electron chi connectivity index (χ0n) is 10.0. The number of aliphatic hydroxyl groups excluding tert-OH is 1. The van der Waals surface area contributed by atoms with Gasteiger partial charge in [0.2, 0.25) is 0 Å². The van der Waals surface area contributed by atoms with Crippen molar-refractivity contribution in [2.24, 2.45) is 0 Å². The molecule has 0 saturated heterocycles. The first-order valence-corrected chi connectivity index (χ1v) is 5.73. The van der Waals surface area contributed by atoms with Crippen LogP contribution in [-0.2, 0) is 0 Å². The van der Waals surface area contributed by atoms with Crippen molar-refractivity contribution in [3.63, 3.8) is 0 Å². The molecule has 0 unspecified atom stereocenters. The van der Waals surface area contributed by atoms with Crippen LogP contribution in [0.25, 0.3) is 0 Å². The Morgan fingerprint density at radius 2 is 2.19 bits per heavy atom. The molecule has 0 amide bonds. The van der Waals surface area contributed by atoms with E-state index in [0.717, 1.165) is 25.3 Å². The van der Waals surface area contributed by atoms with Gasteiger partial charge < -0.3 is 15.7 Å². The van der Waals surface area contributed by atoms with Crippen molar-refractivity contribution in [2.75, 3.05) is 25.0 Å². The van der Waals surface area contributed by atoms with Gasteiger partial charge in [0.05, 0.1) is 6.61 Å². The summed E-state index contributed by atoms with van der Waals surface area (Å²) in [7, 11) is 0. The molecule has 0 aliphatic heterocycles. The third kappa shape index (κ3) is 5.09. The van der Waals surface area contributed by atoms with E-state index < -0.39 is 0 Å². The predicted octanol–water partition coefficient (Wildman–Crippen LogP) is 1.16. The van der Waals surface area contributed by atoms with Gasteiger partial charge in [-0.05, 0) is 38.4 Å². The van der Waals surface area contributed by atoms with Crippen molar-refractivity contribution in [1.82, 2.24) is 10.3 Å². The van der Waals surface area contributed by atoms with E-state index in [-0.39, 0.29) is 12.6 Å². The maximum atomic E-state index is 8.81. The summed E-state index contributed by atoms with van der Waals surface area (Å²) >= 11 is 0. The molecule has 0 bridgehead atoms. The van der Waals surface area contributed by atoms with Gasteiger partial charge in [0, 0.05) is 18.8 Å². The SMILES string of the molecule is Cc1ccc(NCCCN[C@H](C)CO)nc1. The van der Waals surface area contributed by atoms with E-state index in [1.54, 1.807) is 0 Å². The predicted molar refractivity (Wildman–Crippen MR) is 66.6 cm³/mol. The summed E-state index contributed by atoms with van der Waals surface area (Å²) in [4.78, 5) is 4.26. The Kier molecular flexibility index (Phi) is 5.82. The van der Waals surface area contributed by atoms with Gasteiger partial charge in [-0.15, -0.1) is 0 Å². The summed E-state index contributed by atoms with van der Waals surface area (Å²) in [5.41, 5.74) is 1.17. The Labute approximate surface area is 97.1 Å². The van der Waals surface area contributed by atoms with E-state index in [4.69, 9.17) is 5.11 Å². The molecule has 0 radical (unpaired) electrons. The fourth-order valence-electron chi connectivity index (χ4n) is 1.29. The van der Waals surface area contributed by atoms with E-state index >= 15 is 0 Å². The number of anilines is 1. The molecule has 0 spiro atoms. The van der Waals surface area contributed by atoms with Crippen molar-refractivity contribution in [3.05, 3.63) is 23.9 Å². The lowest BCUT2D eigenvalue weighted by Crippen LogP contribution is -2.30. The highest BCUT2D eigenvalue weighted by atomic mass is 16.3. The Bertz CT molecular complexity index is 287. The Morgan fingerprint density at radius 1 is 1.38 bits per heavy atom. The highest BCUT2D eigenvalue weighted by Gasteiger charge is 1.97. The molecule has 0 aliphatic carbocycles. The number of aliphatic hydroxyl groups is 1. The van der Waals surface area contributed by atoms with Gasteiger partial charge in [-0.25, -0.2) is 4.98 Å². The van der Waals surface area contributed by atoms with E-state index in [9.17, 15) is 0 Å². The largest absolute Gasteiger partial charge is 0.395 e. The van der Waals surface area contributed by atoms with Gasteiger partial charge in [0.15, 0.2) is 0 Å². The second-order valence-electron chi connectivity index (χ2n) is 4.04. The molecule has 0 aliphatic rings. The van der Waals surface area contributed by atoms with Gasteiger partial charge in [-0.1, -0.05) is 6.07 Å². The molecule has 1 heterocycles. The fraction of sp³-hybridized carbons (Fsp3) is 0.583. The summed E-state index contributed by atoms with van der Waals surface area (Å²) in [5, 5.41) is 15.3. The van der Waals surface area contributed by atoms with Crippen LogP contribution in [0.5, 0.6) is 0 Å². The topological polar surface area (TPSA) is 57.2 Å². The number of rotatable bonds is 7. The molecule has 4 heteroatoms. The molecule has 3 N–H and O–H groups in total. The monoisotopic (exact) mass is 223 g/mol. The summed E-state index contributed by atoms with van der Waals surface area (Å²) in [5.74, 6) is 0.917. The lowest BCUT2D eigenvalue weighted by Gasteiger charge is -2.10. The molecule has 0 aromatic carbocycles. The minimum Gasteiger partial charge on any atom is -0.395 e. The van der Waals surface area contributed by atoms with Crippen LogP contribution in [0.3, 0.4) is 0 Å². The van der Waals surface area contributed by atoms with Crippen LogP contribution in [-0.4, -0.2) is 35.8 Å². The van der Waals surface area contributed by atoms with Crippen molar-refractivity contribution in [1.29, 1.82) is 0 Å². The first kappa shape index (κ1) is 12.9. The van der Waals surface area contributed by atoms with Crippen LogP contribution in [0, 0.1) is 6.92 Å². The van der Waals surface area contributed by atoms with Gasteiger partial charge in [-0.3, -0.25) is 0 Å². The van der Waals surface area contributed by atoms with Gasteiger partial charge in [0.1, 0.15) is 5.82 Å². The quantitative estimate of drug-likeness (QED) is 0.607. The van der Waals surface area contributed by atoms with Crippen LogP contribution in [0.2, 0.25) is 0 Å². The third-order valence-corrected chi connectivity index (χ3v) is 2.34. The minimum atomic E-state index is 0.178. The van der Waals surface area contributed by atoms with Crippen molar-refractivity contribution < 1.29 is 5.11 Å². The van der Waals surface area contributed by atoms with Crippen molar-refractivity contribution in [3.8, 4) is 0 Å². The van der Waals surface area contributed by atoms with E-state index in [0.29, 0.717) is 0 Å². The van der Waals surface area contributed by atoms with Crippen molar-refractivity contribution in [2.45, 2.75) is 26.3 Å². The molecule has 1 rings (SSSR count).